The number of nitro groups is 1. The first-order valence-electron chi connectivity index (χ1n) is 5.12. The zero-order valence-electron chi connectivity index (χ0n) is 9.74. The summed E-state index contributed by atoms with van der Waals surface area (Å²) in [6, 6.07) is 6.87. The standard InChI is InChI=1S/C11H13NO5S/c1-17-9-4-2-3-8(5-9)10(6-12(15)16)18-7-11(13)14/h2-5,10H,6-7H2,1H3,(H,13,14). The average molecular weight is 271 g/mol. The molecule has 0 radical (unpaired) electrons. The molecule has 0 spiro atoms. The molecule has 18 heavy (non-hydrogen) atoms. The Bertz CT molecular complexity index is 437. The van der Waals surface area contributed by atoms with Crippen LogP contribution in [0.5, 0.6) is 5.75 Å². The molecule has 0 saturated heterocycles. The van der Waals surface area contributed by atoms with E-state index in [1.807, 2.05) is 0 Å². The van der Waals surface area contributed by atoms with Crippen LogP contribution in [0.3, 0.4) is 0 Å². The SMILES string of the molecule is COc1cccc(C(C[N+](=O)[O-])SCC(=O)O)c1. The summed E-state index contributed by atoms with van der Waals surface area (Å²) in [6.45, 7) is -0.314. The van der Waals surface area contributed by atoms with Crippen molar-refractivity contribution >= 4 is 17.7 Å². The van der Waals surface area contributed by atoms with E-state index in [1.54, 1.807) is 24.3 Å². The Kier molecular flexibility index (Phi) is 5.44. The normalized spacial score (nSPS) is 11.8. The number of carboxylic acid groups (broad SMARTS) is 1. The second-order valence-electron chi connectivity index (χ2n) is 3.49. The number of carbonyl (C=O) groups is 1. The van der Waals surface area contributed by atoms with Crippen LogP contribution >= 0.6 is 11.8 Å². The lowest BCUT2D eigenvalue weighted by atomic mass is 10.1. The van der Waals surface area contributed by atoms with E-state index in [2.05, 4.69) is 0 Å². The van der Waals surface area contributed by atoms with Gasteiger partial charge in [0.15, 0.2) is 0 Å². The summed E-state index contributed by atoms with van der Waals surface area (Å²) in [7, 11) is 1.51. The van der Waals surface area contributed by atoms with Crippen LogP contribution in [0.1, 0.15) is 10.8 Å². The van der Waals surface area contributed by atoms with Gasteiger partial charge in [-0.25, -0.2) is 0 Å². The van der Waals surface area contributed by atoms with E-state index in [0.29, 0.717) is 11.3 Å². The maximum atomic E-state index is 10.6. The highest BCUT2D eigenvalue weighted by molar-refractivity contribution is 8.00. The Labute approximate surface area is 108 Å². The van der Waals surface area contributed by atoms with Crippen molar-refractivity contribution in [2.75, 3.05) is 19.4 Å². The van der Waals surface area contributed by atoms with Gasteiger partial charge in [-0.15, -0.1) is 11.8 Å². The first-order valence-corrected chi connectivity index (χ1v) is 6.17. The van der Waals surface area contributed by atoms with Crippen LogP contribution in [-0.2, 0) is 4.79 Å². The van der Waals surface area contributed by atoms with Crippen molar-refractivity contribution in [1.82, 2.24) is 0 Å². The van der Waals surface area contributed by atoms with Crippen LogP contribution in [-0.4, -0.2) is 35.4 Å². The number of hydrogen-bond donors (Lipinski definition) is 1. The van der Waals surface area contributed by atoms with Gasteiger partial charge in [-0.2, -0.15) is 0 Å². The number of thioether (sulfide) groups is 1. The van der Waals surface area contributed by atoms with Gasteiger partial charge in [0.1, 0.15) is 5.75 Å². The molecule has 0 aliphatic carbocycles. The van der Waals surface area contributed by atoms with E-state index in [0.717, 1.165) is 11.8 Å². The van der Waals surface area contributed by atoms with Crippen LogP contribution < -0.4 is 4.74 Å². The molecule has 98 valence electrons. The third-order valence-corrected chi connectivity index (χ3v) is 3.43. The lowest BCUT2D eigenvalue weighted by Gasteiger charge is -2.12. The van der Waals surface area contributed by atoms with Gasteiger partial charge in [0.25, 0.3) is 0 Å². The van der Waals surface area contributed by atoms with E-state index in [1.165, 1.54) is 7.11 Å². The largest absolute Gasteiger partial charge is 0.497 e. The number of aliphatic carboxylic acids is 1. The van der Waals surface area contributed by atoms with E-state index < -0.39 is 16.1 Å². The van der Waals surface area contributed by atoms with Crippen molar-refractivity contribution in [3.8, 4) is 5.75 Å². The summed E-state index contributed by atoms with van der Waals surface area (Å²) >= 11 is 1.03. The predicted molar refractivity (Wildman–Crippen MR) is 67.7 cm³/mol. The van der Waals surface area contributed by atoms with Gasteiger partial charge in [0.2, 0.25) is 6.54 Å². The molecule has 0 heterocycles. The first-order chi connectivity index (χ1) is 8.52. The predicted octanol–water partition coefficient (Wildman–Crippen LogP) is 1.83. The fourth-order valence-corrected chi connectivity index (χ4v) is 2.31. The molecule has 0 saturated carbocycles. The minimum Gasteiger partial charge on any atom is -0.497 e. The summed E-state index contributed by atoms with van der Waals surface area (Å²) < 4.78 is 5.04. The first kappa shape index (κ1) is 14.3. The van der Waals surface area contributed by atoms with Crippen molar-refractivity contribution in [2.45, 2.75) is 5.25 Å². The van der Waals surface area contributed by atoms with Gasteiger partial charge in [-0.05, 0) is 17.7 Å². The van der Waals surface area contributed by atoms with Gasteiger partial charge in [-0.3, -0.25) is 14.9 Å². The van der Waals surface area contributed by atoms with Crippen molar-refractivity contribution in [1.29, 1.82) is 0 Å². The fraction of sp³-hybridized carbons (Fsp3) is 0.364. The van der Waals surface area contributed by atoms with E-state index in [4.69, 9.17) is 9.84 Å². The monoisotopic (exact) mass is 271 g/mol. The summed E-state index contributed by atoms with van der Waals surface area (Å²) in [5.74, 6) is -0.566. The zero-order valence-corrected chi connectivity index (χ0v) is 10.6. The van der Waals surface area contributed by atoms with Gasteiger partial charge in [0.05, 0.1) is 18.1 Å². The highest BCUT2D eigenvalue weighted by atomic mass is 32.2. The van der Waals surface area contributed by atoms with Gasteiger partial charge in [-0.1, -0.05) is 12.1 Å². The van der Waals surface area contributed by atoms with Crippen LogP contribution in [0.25, 0.3) is 0 Å². The van der Waals surface area contributed by atoms with Crippen LogP contribution in [0, 0.1) is 10.1 Å². The smallest absolute Gasteiger partial charge is 0.313 e. The molecule has 0 aliphatic rings. The molecule has 1 atom stereocenters. The molecule has 6 nitrogen and oxygen atoms in total. The molecule has 1 aromatic rings. The molecule has 0 aliphatic heterocycles. The molecule has 1 aromatic carbocycles. The molecule has 1 N–H and O–H groups in total. The Balaban J connectivity index is 2.85. The quantitative estimate of drug-likeness (QED) is 0.601. The number of methoxy groups -OCH3 is 1. The van der Waals surface area contributed by atoms with Gasteiger partial charge in [0, 0.05) is 4.92 Å². The zero-order chi connectivity index (χ0) is 13.5. The Morgan fingerprint density at radius 2 is 2.33 bits per heavy atom. The highest BCUT2D eigenvalue weighted by Crippen LogP contribution is 2.30. The van der Waals surface area contributed by atoms with Crippen molar-refractivity contribution in [2.24, 2.45) is 0 Å². The summed E-state index contributed by atoms with van der Waals surface area (Å²) in [5, 5.41) is 18.7. The second-order valence-corrected chi connectivity index (χ2v) is 4.68. The molecule has 0 fully saturated rings. The number of carboxylic acids is 1. The van der Waals surface area contributed by atoms with E-state index >= 15 is 0 Å². The van der Waals surface area contributed by atoms with E-state index in [9.17, 15) is 14.9 Å². The fourth-order valence-electron chi connectivity index (χ4n) is 1.40. The molecular weight excluding hydrogens is 258 g/mol. The lowest BCUT2D eigenvalue weighted by Crippen LogP contribution is -2.12. The van der Waals surface area contributed by atoms with Gasteiger partial charge >= 0.3 is 5.97 Å². The maximum Gasteiger partial charge on any atom is 0.313 e. The molecule has 1 unspecified atom stereocenters. The Morgan fingerprint density at radius 3 is 2.89 bits per heavy atom. The summed E-state index contributed by atoms with van der Waals surface area (Å²) in [5.41, 5.74) is 0.692. The second kappa shape index (κ2) is 6.85. The molecule has 0 amide bonds. The van der Waals surface area contributed by atoms with Gasteiger partial charge < -0.3 is 9.84 Å². The number of ether oxygens (including phenoxy) is 1. The van der Waals surface area contributed by atoms with Crippen LogP contribution in [0.2, 0.25) is 0 Å². The highest BCUT2D eigenvalue weighted by Gasteiger charge is 2.20. The molecule has 7 heteroatoms. The third-order valence-electron chi connectivity index (χ3n) is 2.19. The Hall–Kier alpha value is -1.76. The summed E-state index contributed by atoms with van der Waals surface area (Å²) in [6.07, 6.45) is 0. The van der Waals surface area contributed by atoms with Crippen molar-refractivity contribution in [3.63, 3.8) is 0 Å². The van der Waals surface area contributed by atoms with Crippen molar-refractivity contribution in [3.05, 3.63) is 39.9 Å². The number of hydrogen-bond acceptors (Lipinski definition) is 5. The topological polar surface area (TPSA) is 89.7 Å². The minimum absolute atomic E-state index is 0.171. The number of benzene rings is 1. The molecule has 1 rings (SSSR count). The lowest BCUT2D eigenvalue weighted by molar-refractivity contribution is -0.479. The molecule has 0 bridgehead atoms. The van der Waals surface area contributed by atoms with Crippen molar-refractivity contribution < 1.29 is 19.6 Å². The van der Waals surface area contributed by atoms with Crippen LogP contribution in [0.4, 0.5) is 0 Å². The number of nitrogens with zero attached hydrogens (tertiary/aromatic N) is 1. The van der Waals surface area contributed by atoms with E-state index in [-0.39, 0.29) is 12.3 Å². The molecule has 0 aromatic heterocycles. The number of rotatable bonds is 7. The minimum atomic E-state index is -0.990. The Morgan fingerprint density at radius 1 is 1.61 bits per heavy atom. The maximum absolute atomic E-state index is 10.6. The molecular formula is C11H13NO5S. The van der Waals surface area contributed by atoms with Crippen LogP contribution in [0.15, 0.2) is 24.3 Å². The summed E-state index contributed by atoms with van der Waals surface area (Å²) in [4.78, 5) is 20.7. The average Bonchev–Trinajstić information content (AvgIpc) is 2.34. The third kappa shape index (κ3) is 4.62.